The van der Waals surface area contributed by atoms with Crippen molar-refractivity contribution in [2.45, 2.75) is 44.6 Å². The Morgan fingerprint density at radius 1 is 1.38 bits per heavy atom. The number of aryl methyl sites for hydroxylation is 2. The van der Waals surface area contributed by atoms with Crippen LogP contribution >= 0.6 is 0 Å². The van der Waals surface area contributed by atoms with Crippen molar-refractivity contribution >= 4 is 5.91 Å². The molecule has 0 aliphatic carbocycles. The van der Waals surface area contributed by atoms with Crippen molar-refractivity contribution in [1.82, 2.24) is 19.7 Å². The van der Waals surface area contributed by atoms with Crippen LogP contribution in [0.1, 0.15) is 48.7 Å². The molecule has 0 radical (unpaired) electrons. The number of carbonyl (C=O) groups is 1. The van der Waals surface area contributed by atoms with Crippen molar-refractivity contribution in [1.29, 1.82) is 0 Å². The fourth-order valence-corrected chi connectivity index (χ4v) is 3.59. The molecule has 2 aliphatic rings. The number of halogens is 1. The molecule has 4 rings (SSSR count). The van der Waals surface area contributed by atoms with E-state index in [1.165, 1.54) is 36.9 Å². The normalized spacial score (nSPS) is 18.8. The molecule has 24 heavy (non-hydrogen) atoms. The molecule has 0 aromatic carbocycles. The molecule has 2 aromatic rings. The maximum absolute atomic E-state index is 13.8. The van der Waals surface area contributed by atoms with Crippen LogP contribution in [0.3, 0.4) is 0 Å². The molecule has 2 aromatic heterocycles. The van der Waals surface area contributed by atoms with Gasteiger partial charge in [0.1, 0.15) is 5.82 Å². The molecule has 0 bridgehead atoms. The summed E-state index contributed by atoms with van der Waals surface area (Å²) in [6.45, 7) is 4.04. The van der Waals surface area contributed by atoms with Crippen molar-refractivity contribution in [3.05, 3.63) is 47.3 Å². The van der Waals surface area contributed by atoms with Crippen LogP contribution in [0.4, 0.5) is 4.39 Å². The molecule has 1 unspecified atom stereocenters. The van der Waals surface area contributed by atoms with E-state index in [2.05, 4.69) is 15.7 Å². The molecule has 1 saturated heterocycles. The lowest BCUT2D eigenvalue weighted by Crippen LogP contribution is -2.50. The van der Waals surface area contributed by atoms with Gasteiger partial charge in [0.05, 0.1) is 17.3 Å². The van der Waals surface area contributed by atoms with Crippen molar-refractivity contribution in [3.63, 3.8) is 0 Å². The first kappa shape index (κ1) is 15.3. The topological polar surface area (TPSA) is 51.0 Å². The van der Waals surface area contributed by atoms with Crippen molar-refractivity contribution in [3.8, 4) is 0 Å². The van der Waals surface area contributed by atoms with E-state index in [9.17, 15) is 9.18 Å². The number of rotatable bonds is 3. The van der Waals surface area contributed by atoms with Gasteiger partial charge in [-0.2, -0.15) is 5.10 Å². The SMILES string of the molecule is CC(C(=O)N1CC(c2cc3n(n2)CCCC3)C1)c1ncccc1F. The third kappa shape index (κ3) is 2.60. The van der Waals surface area contributed by atoms with E-state index in [-0.39, 0.29) is 11.6 Å². The van der Waals surface area contributed by atoms with Gasteiger partial charge in [-0.05, 0) is 44.4 Å². The standard InChI is InChI=1S/C18H21FN4O/c1-12(17-15(19)6-4-7-20-17)18(24)22-10-13(11-22)16-9-14-5-2-3-8-23(14)21-16/h4,6-7,9,12-13H,2-3,5,8,10-11H2,1H3. The highest BCUT2D eigenvalue weighted by molar-refractivity contribution is 5.83. The summed E-state index contributed by atoms with van der Waals surface area (Å²) >= 11 is 0. The number of hydrogen-bond acceptors (Lipinski definition) is 3. The van der Waals surface area contributed by atoms with Gasteiger partial charge in [0, 0.05) is 37.4 Å². The van der Waals surface area contributed by atoms with Crippen molar-refractivity contribution < 1.29 is 9.18 Å². The van der Waals surface area contributed by atoms with Gasteiger partial charge in [0.15, 0.2) is 0 Å². The van der Waals surface area contributed by atoms with Crippen LogP contribution in [-0.4, -0.2) is 38.7 Å². The second-order valence-electron chi connectivity index (χ2n) is 6.77. The summed E-state index contributed by atoms with van der Waals surface area (Å²) < 4.78 is 15.9. The number of amides is 1. The molecule has 1 fully saturated rings. The van der Waals surface area contributed by atoms with E-state index in [0.717, 1.165) is 18.7 Å². The molecule has 5 nitrogen and oxygen atoms in total. The Morgan fingerprint density at radius 2 is 2.21 bits per heavy atom. The fourth-order valence-electron chi connectivity index (χ4n) is 3.59. The number of hydrogen-bond donors (Lipinski definition) is 0. The van der Waals surface area contributed by atoms with Gasteiger partial charge < -0.3 is 4.90 Å². The van der Waals surface area contributed by atoms with E-state index in [0.29, 0.717) is 19.0 Å². The number of nitrogens with zero attached hydrogens (tertiary/aromatic N) is 4. The molecule has 6 heteroatoms. The van der Waals surface area contributed by atoms with Gasteiger partial charge in [0.25, 0.3) is 0 Å². The zero-order chi connectivity index (χ0) is 16.7. The second kappa shape index (κ2) is 6.00. The van der Waals surface area contributed by atoms with E-state index in [1.807, 2.05) is 0 Å². The lowest BCUT2D eigenvalue weighted by atomic mass is 9.93. The summed E-state index contributed by atoms with van der Waals surface area (Å²) in [6, 6.07) is 5.07. The van der Waals surface area contributed by atoms with E-state index >= 15 is 0 Å². The van der Waals surface area contributed by atoms with Crippen LogP contribution in [-0.2, 0) is 17.8 Å². The predicted molar refractivity (Wildman–Crippen MR) is 87.1 cm³/mol. The Balaban J connectivity index is 1.41. The summed E-state index contributed by atoms with van der Waals surface area (Å²) in [6.07, 6.45) is 5.04. The van der Waals surface area contributed by atoms with E-state index in [4.69, 9.17) is 5.10 Å². The molecule has 2 aliphatic heterocycles. The zero-order valence-electron chi connectivity index (χ0n) is 13.8. The quantitative estimate of drug-likeness (QED) is 0.870. The van der Waals surface area contributed by atoms with Crippen molar-refractivity contribution in [2.75, 3.05) is 13.1 Å². The Bertz CT molecular complexity index is 743. The van der Waals surface area contributed by atoms with E-state index < -0.39 is 11.7 Å². The summed E-state index contributed by atoms with van der Waals surface area (Å²) in [5, 5.41) is 4.69. The Hall–Kier alpha value is -2.24. The van der Waals surface area contributed by atoms with Crippen LogP contribution < -0.4 is 0 Å². The van der Waals surface area contributed by atoms with Crippen molar-refractivity contribution in [2.24, 2.45) is 0 Å². The summed E-state index contributed by atoms with van der Waals surface area (Å²) in [5.41, 5.74) is 2.63. The van der Waals surface area contributed by atoms with Gasteiger partial charge in [-0.15, -0.1) is 0 Å². The molecule has 0 saturated carbocycles. The molecule has 0 spiro atoms. The minimum atomic E-state index is -0.553. The largest absolute Gasteiger partial charge is 0.341 e. The molecule has 4 heterocycles. The highest BCUT2D eigenvalue weighted by Crippen LogP contribution is 2.31. The first-order valence-electron chi connectivity index (χ1n) is 8.59. The number of pyridine rings is 1. The molecular weight excluding hydrogens is 307 g/mol. The van der Waals surface area contributed by atoms with E-state index in [1.54, 1.807) is 11.8 Å². The average molecular weight is 328 g/mol. The van der Waals surface area contributed by atoms with Crippen LogP contribution in [0, 0.1) is 5.82 Å². The number of likely N-dealkylation sites (tertiary alicyclic amines) is 1. The maximum atomic E-state index is 13.8. The Labute approximate surface area is 140 Å². The molecule has 0 N–H and O–H groups in total. The fraction of sp³-hybridized carbons (Fsp3) is 0.500. The van der Waals surface area contributed by atoms with Crippen LogP contribution in [0.25, 0.3) is 0 Å². The first-order chi connectivity index (χ1) is 11.6. The lowest BCUT2D eigenvalue weighted by molar-refractivity contribution is -0.137. The minimum absolute atomic E-state index is 0.0622. The van der Waals surface area contributed by atoms with Crippen LogP contribution in [0.15, 0.2) is 24.4 Å². The lowest BCUT2D eigenvalue weighted by Gasteiger charge is -2.39. The smallest absolute Gasteiger partial charge is 0.231 e. The van der Waals surface area contributed by atoms with Gasteiger partial charge in [-0.3, -0.25) is 14.5 Å². The van der Waals surface area contributed by atoms with Gasteiger partial charge in [-0.25, -0.2) is 4.39 Å². The number of aromatic nitrogens is 3. The molecule has 1 atom stereocenters. The summed E-state index contributed by atoms with van der Waals surface area (Å²) in [5.74, 6) is -0.736. The minimum Gasteiger partial charge on any atom is -0.341 e. The van der Waals surface area contributed by atoms with Gasteiger partial charge in [0.2, 0.25) is 5.91 Å². The zero-order valence-corrected chi connectivity index (χ0v) is 13.8. The monoisotopic (exact) mass is 328 g/mol. The van der Waals surface area contributed by atoms with Gasteiger partial charge >= 0.3 is 0 Å². The number of fused-ring (bicyclic) bond motifs is 1. The van der Waals surface area contributed by atoms with Gasteiger partial charge in [-0.1, -0.05) is 0 Å². The van der Waals surface area contributed by atoms with Crippen LogP contribution in [0.5, 0.6) is 0 Å². The third-order valence-corrected chi connectivity index (χ3v) is 5.11. The second-order valence-corrected chi connectivity index (χ2v) is 6.77. The Kier molecular flexibility index (Phi) is 3.82. The third-order valence-electron chi connectivity index (χ3n) is 5.11. The number of carbonyl (C=O) groups excluding carboxylic acids is 1. The summed E-state index contributed by atoms with van der Waals surface area (Å²) in [7, 11) is 0. The van der Waals surface area contributed by atoms with Crippen LogP contribution in [0.2, 0.25) is 0 Å². The molecule has 1 amide bonds. The highest BCUT2D eigenvalue weighted by atomic mass is 19.1. The molecule has 126 valence electrons. The molecular formula is C18H21FN4O. The first-order valence-corrected chi connectivity index (χ1v) is 8.59. The summed E-state index contributed by atoms with van der Waals surface area (Å²) in [4.78, 5) is 18.3. The maximum Gasteiger partial charge on any atom is 0.231 e. The Morgan fingerprint density at radius 3 is 2.96 bits per heavy atom. The average Bonchev–Trinajstić information content (AvgIpc) is 2.96. The predicted octanol–water partition coefficient (Wildman–Crippen LogP) is 2.48. The highest BCUT2D eigenvalue weighted by Gasteiger charge is 2.37.